The molecule has 1 heterocycles. The van der Waals surface area contributed by atoms with Crippen molar-refractivity contribution in [2.75, 3.05) is 14.1 Å². The first-order valence-corrected chi connectivity index (χ1v) is 4.29. The number of alkyl halides is 1. The second-order valence-electron chi connectivity index (χ2n) is 3.02. The Hall–Kier alpha value is -1.03. The van der Waals surface area contributed by atoms with Gasteiger partial charge in [0.2, 0.25) is 5.91 Å². The molecular weight excluding hydrogens is 190 g/mol. The number of hydrogen-bond acceptors (Lipinski definition) is 2. The Kier molecular flexibility index (Phi) is 2.93. The quantitative estimate of drug-likeness (QED) is 0.664. The molecule has 1 amide bonds. The van der Waals surface area contributed by atoms with Crippen LogP contribution in [-0.2, 0) is 11.8 Å². The summed E-state index contributed by atoms with van der Waals surface area (Å²) >= 11 is 5.95. The van der Waals surface area contributed by atoms with Gasteiger partial charge in [-0.3, -0.25) is 4.79 Å². The Morgan fingerprint density at radius 1 is 1.69 bits per heavy atom. The molecule has 0 bridgehead atoms. The van der Waals surface area contributed by atoms with E-state index in [9.17, 15) is 4.79 Å². The van der Waals surface area contributed by atoms with Crippen molar-refractivity contribution in [3.05, 3.63) is 18.2 Å². The molecule has 1 unspecified atom stereocenters. The minimum Gasteiger partial charge on any atom is -0.347 e. The molecule has 5 heteroatoms. The molecule has 1 atom stereocenters. The Balaban J connectivity index is 2.85. The molecule has 0 N–H and O–H groups in total. The van der Waals surface area contributed by atoms with Crippen molar-refractivity contribution in [1.29, 1.82) is 0 Å². The molecule has 0 aromatic carbocycles. The molecule has 1 aromatic rings. The van der Waals surface area contributed by atoms with Gasteiger partial charge in [-0.1, -0.05) is 0 Å². The highest BCUT2D eigenvalue weighted by Gasteiger charge is 2.21. The first kappa shape index (κ1) is 10.1. The number of hydrogen-bond donors (Lipinski definition) is 0. The van der Waals surface area contributed by atoms with Crippen LogP contribution in [0.25, 0.3) is 0 Å². The van der Waals surface area contributed by atoms with Crippen molar-refractivity contribution in [3.8, 4) is 0 Å². The summed E-state index contributed by atoms with van der Waals surface area (Å²) in [6, 6.07) is 0. The number of amides is 1. The van der Waals surface area contributed by atoms with E-state index < -0.39 is 5.38 Å². The second-order valence-corrected chi connectivity index (χ2v) is 3.46. The highest BCUT2D eigenvalue weighted by molar-refractivity contribution is 6.30. The van der Waals surface area contributed by atoms with Gasteiger partial charge in [0.05, 0.1) is 18.2 Å². The molecule has 0 aliphatic carbocycles. The second kappa shape index (κ2) is 3.79. The molecule has 13 heavy (non-hydrogen) atoms. The standard InChI is InChI=1S/C8H12ClN3O/c1-11(2)8(13)7(9)6-4-10-5-12(6)3/h4-5,7H,1-3H3. The van der Waals surface area contributed by atoms with E-state index in [1.54, 1.807) is 38.2 Å². The third-order valence-electron chi connectivity index (χ3n) is 1.77. The molecular formula is C8H12ClN3O. The Labute approximate surface area is 82.1 Å². The maximum atomic E-state index is 11.4. The van der Waals surface area contributed by atoms with Crippen LogP contribution in [0.4, 0.5) is 0 Å². The smallest absolute Gasteiger partial charge is 0.246 e. The van der Waals surface area contributed by atoms with Crippen LogP contribution in [0.1, 0.15) is 11.1 Å². The lowest BCUT2D eigenvalue weighted by molar-refractivity contribution is -0.128. The van der Waals surface area contributed by atoms with E-state index in [0.29, 0.717) is 5.69 Å². The lowest BCUT2D eigenvalue weighted by Crippen LogP contribution is -2.26. The fourth-order valence-corrected chi connectivity index (χ4v) is 1.37. The Morgan fingerprint density at radius 2 is 2.31 bits per heavy atom. The topological polar surface area (TPSA) is 38.1 Å². The lowest BCUT2D eigenvalue weighted by Gasteiger charge is -2.15. The molecule has 0 radical (unpaired) electrons. The van der Waals surface area contributed by atoms with Gasteiger partial charge < -0.3 is 9.47 Å². The van der Waals surface area contributed by atoms with Gasteiger partial charge in [-0.15, -0.1) is 11.6 Å². The van der Waals surface area contributed by atoms with Crippen LogP contribution in [0.15, 0.2) is 12.5 Å². The van der Waals surface area contributed by atoms with E-state index in [-0.39, 0.29) is 5.91 Å². The average Bonchev–Trinajstić information content (AvgIpc) is 2.48. The van der Waals surface area contributed by atoms with Gasteiger partial charge in [0.15, 0.2) is 5.38 Å². The van der Waals surface area contributed by atoms with E-state index in [1.807, 2.05) is 0 Å². The van der Waals surface area contributed by atoms with Crippen molar-refractivity contribution in [3.63, 3.8) is 0 Å². The molecule has 0 aliphatic heterocycles. The van der Waals surface area contributed by atoms with Crippen LogP contribution in [-0.4, -0.2) is 34.5 Å². The molecule has 0 aliphatic rings. The third kappa shape index (κ3) is 2.01. The van der Waals surface area contributed by atoms with Crippen LogP contribution < -0.4 is 0 Å². The van der Waals surface area contributed by atoms with Gasteiger partial charge in [-0.25, -0.2) is 4.98 Å². The zero-order chi connectivity index (χ0) is 10.0. The largest absolute Gasteiger partial charge is 0.347 e. The number of halogens is 1. The Morgan fingerprint density at radius 3 is 2.69 bits per heavy atom. The number of nitrogens with zero attached hydrogens (tertiary/aromatic N) is 3. The maximum Gasteiger partial charge on any atom is 0.246 e. The zero-order valence-corrected chi connectivity index (χ0v) is 8.62. The highest BCUT2D eigenvalue weighted by Crippen LogP contribution is 2.20. The molecule has 0 saturated carbocycles. The van der Waals surface area contributed by atoms with E-state index in [4.69, 9.17) is 11.6 Å². The van der Waals surface area contributed by atoms with Crippen LogP contribution >= 0.6 is 11.6 Å². The number of carbonyl (C=O) groups excluding carboxylic acids is 1. The van der Waals surface area contributed by atoms with Gasteiger partial charge in [-0.05, 0) is 0 Å². The van der Waals surface area contributed by atoms with Gasteiger partial charge in [0.25, 0.3) is 0 Å². The van der Waals surface area contributed by atoms with Gasteiger partial charge in [0.1, 0.15) is 0 Å². The van der Waals surface area contributed by atoms with E-state index in [2.05, 4.69) is 4.98 Å². The highest BCUT2D eigenvalue weighted by atomic mass is 35.5. The van der Waals surface area contributed by atoms with Crippen LogP contribution in [0.5, 0.6) is 0 Å². The number of carbonyl (C=O) groups is 1. The van der Waals surface area contributed by atoms with Gasteiger partial charge in [0, 0.05) is 21.1 Å². The normalized spacial score (nSPS) is 12.6. The monoisotopic (exact) mass is 201 g/mol. The van der Waals surface area contributed by atoms with Gasteiger partial charge >= 0.3 is 0 Å². The fraction of sp³-hybridized carbons (Fsp3) is 0.500. The summed E-state index contributed by atoms with van der Waals surface area (Å²) in [6.07, 6.45) is 3.22. The predicted molar refractivity (Wildman–Crippen MR) is 50.5 cm³/mol. The zero-order valence-electron chi connectivity index (χ0n) is 7.86. The summed E-state index contributed by atoms with van der Waals surface area (Å²) in [6.45, 7) is 0. The van der Waals surface area contributed by atoms with Crippen molar-refractivity contribution < 1.29 is 4.79 Å². The van der Waals surface area contributed by atoms with Crippen molar-refractivity contribution in [2.45, 2.75) is 5.38 Å². The molecule has 1 aromatic heterocycles. The van der Waals surface area contributed by atoms with Crippen LogP contribution in [0.3, 0.4) is 0 Å². The van der Waals surface area contributed by atoms with Crippen molar-refractivity contribution in [1.82, 2.24) is 14.5 Å². The average molecular weight is 202 g/mol. The summed E-state index contributed by atoms with van der Waals surface area (Å²) in [5.41, 5.74) is 0.709. The van der Waals surface area contributed by atoms with E-state index in [1.165, 1.54) is 4.90 Å². The maximum absolute atomic E-state index is 11.4. The predicted octanol–water partition coefficient (Wildman–Crippen LogP) is 0.788. The van der Waals surface area contributed by atoms with E-state index >= 15 is 0 Å². The molecule has 0 fully saturated rings. The Bertz CT molecular complexity index is 308. The number of imidazole rings is 1. The number of aryl methyl sites for hydroxylation is 1. The molecule has 0 spiro atoms. The summed E-state index contributed by atoms with van der Waals surface area (Å²) in [7, 11) is 5.16. The summed E-state index contributed by atoms with van der Waals surface area (Å²) in [5.74, 6) is -0.134. The van der Waals surface area contributed by atoms with Gasteiger partial charge in [-0.2, -0.15) is 0 Å². The third-order valence-corrected chi connectivity index (χ3v) is 2.18. The number of rotatable bonds is 2. The molecule has 4 nitrogen and oxygen atoms in total. The number of aromatic nitrogens is 2. The fourth-order valence-electron chi connectivity index (χ4n) is 0.965. The first-order chi connectivity index (χ1) is 6.04. The lowest BCUT2D eigenvalue weighted by atomic mass is 10.3. The minimum atomic E-state index is -0.650. The number of likely N-dealkylation sites (N-methyl/N-ethyl adjacent to an activating group) is 1. The van der Waals surface area contributed by atoms with Crippen LogP contribution in [0.2, 0.25) is 0 Å². The molecule has 1 rings (SSSR count). The van der Waals surface area contributed by atoms with Crippen molar-refractivity contribution in [2.24, 2.45) is 7.05 Å². The first-order valence-electron chi connectivity index (χ1n) is 3.85. The van der Waals surface area contributed by atoms with E-state index in [0.717, 1.165) is 0 Å². The summed E-state index contributed by atoms with van der Waals surface area (Å²) in [4.78, 5) is 16.8. The van der Waals surface area contributed by atoms with Crippen molar-refractivity contribution >= 4 is 17.5 Å². The SMILES string of the molecule is CN(C)C(=O)C(Cl)c1cncn1C. The van der Waals surface area contributed by atoms with Crippen LogP contribution in [0, 0.1) is 0 Å². The summed E-state index contributed by atoms with van der Waals surface area (Å²) in [5, 5.41) is -0.650. The summed E-state index contributed by atoms with van der Waals surface area (Å²) < 4.78 is 1.74. The molecule has 0 saturated heterocycles. The minimum absolute atomic E-state index is 0.134. The molecule has 72 valence electrons.